The number of hydrogen-bond donors (Lipinski definition) is 0. The van der Waals surface area contributed by atoms with E-state index >= 15 is 0 Å². The first-order chi connectivity index (χ1) is 10.7. The molecule has 0 radical (unpaired) electrons. The van der Waals surface area contributed by atoms with Gasteiger partial charge in [-0.05, 0) is 24.3 Å². The molecule has 0 N–H and O–H groups in total. The molecule has 0 aromatic heterocycles. The van der Waals surface area contributed by atoms with E-state index in [1.165, 1.54) is 0 Å². The van der Waals surface area contributed by atoms with Gasteiger partial charge in [-0.1, -0.05) is 24.3 Å². The second-order valence-electron chi connectivity index (χ2n) is 5.30. The first-order valence-electron chi connectivity index (χ1n) is 7.20. The van der Waals surface area contributed by atoms with E-state index < -0.39 is 0 Å². The van der Waals surface area contributed by atoms with Crippen LogP contribution in [0.2, 0.25) is 0 Å². The maximum absolute atomic E-state index is 12.7. The van der Waals surface area contributed by atoms with Crippen LogP contribution in [0.5, 0.6) is 5.75 Å². The van der Waals surface area contributed by atoms with Gasteiger partial charge in [0.2, 0.25) is 0 Å². The molecule has 0 bridgehead atoms. The molecule has 3 rings (SSSR count). The van der Waals surface area contributed by atoms with E-state index in [4.69, 9.17) is 10.00 Å². The van der Waals surface area contributed by atoms with Crippen molar-refractivity contribution in [3.8, 4) is 11.8 Å². The molecule has 1 unspecified atom stereocenters. The Morgan fingerprint density at radius 1 is 1.27 bits per heavy atom. The van der Waals surface area contributed by atoms with Crippen molar-refractivity contribution >= 4 is 5.91 Å². The Morgan fingerprint density at radius 3 is 2.91 bits per heavy atom. The number of rotatable bonds is 2. The predicted octanol–water partition coefficient (Wildman–Crippen LogP) is 3.15. The van der Waals surface area contributed by atoms with E-state index in [0.29, 0.717) is 17.7 Å². The Hall–Kier alpha value is -2.80. The average Bonchev–Trinajstić information content (AvgIpc) is 2.60. The van der Waals surface area contributed by atoms with Crippen LogP contribution >= 0.6 is 0 Å². The lowest BCUT2D eigenvalue weighted by Crippen LogP contribution is -2.34. The number of carbonyl (C=O) groups is 1. The van der Waals surface area contributed by atoms with E-state index in [0.717, 1.165) is 17.7 Å². The van der Waals surface area contributed by atoms with Crippen LogP contribution in [0.4, 0.5) is 0 Å². The molecule has 1 aliphatic rings. The van der Waals surface area contributed by atoms with E-state index in [1.807, 2.05) is 24.3 Å². The summed E-state index contributed by atoms with van der Waals surface area (Å²) in [6, 6.07) is 16.7. The van der Waals surface area contributed by atoms with Crippen LogP contribution in [0.1, 0.15) is 33.9 Å². The second-order valence-corrected chi connectivity index (χ2v) is 5.30. The van der Waals surface area contributed by atoms with Crippen molar-refractivity contribution < 1.29 is 9.53 Å². The van der Waals surface area contributed by atoms with Crippen LogP contribution in [-0.2, 0) is 0 Å². The number of benzene rings is 2. The van der Waals surface area contributed by atoms with Gasteiger partial charge in [0.15, 0.2) is 0 Å². The second kappa shape index (κ2) is 5.90. The van der Waals surface area contributed by atoms with Crippen LogP contribution in [0.3, 0.4) is 0 Å². The topological polar surface area (TPSA) is 53.3 Å². The third-order valence-electron chi connectivity index (χ3n) is 3.95. The normalized spacial score (nSPS) is 16.1. The summed E-state index contributed by atoms with van der Waals surface area (Å²) < 4.78 is 5.64. The fourth-order valence-electron chi connectivity index (χ4n) is 2.79. The first kappa shape index (κ1) is 14.2. The van der Waals surface area contributed by atoms with Gasteiger partial charge in [0.25, 0.3) is 5.91 Å². The standard InChI is InChI=1S/C18H16N2O2/c1-20(18(21)14-6-4-5-13(11-14)12-19)16-9-10-22-17-8-3-2-7-15(16)17/h2-8,11,16H,9-10H2,1H3. The smallest absolute Gasteiger partial charge is 0.254 e. The van der Waals surface area contributed by atoms with Gasteiger partial charge in [0.05, 0.1) is 24.3 Å². The number of fused-ring (bicyclic) bond motifs is 1. The molecular formula is C18H16N2O2. The summed E-state index contributed by atoms with van der Waals surface area (Å²) in [5, 5.41) is 8.97. The average molecular weight is 292 g/mol. The van der Waals surface area contributed by atoms with Gasteiger partial charge in [-0.15, -0.1) is 0 Å². The molecule has 0 saturated heterocycles. The first-order valence-corrected chi connectivity index (χ1v) is 7.20. The zero-order valence-corrected chi connectivity index (χ0v) is 12.3. The molecule has 0 saturated carbocycles. The highest BCUT2D eigenvalue weighted by Crippen LogP contribution is 2.35. The highest BCUT2D eigenvalue weighted by molar-refractivity contribution is 5.94. The van der Waals surface area contributed by atoms with Gasteiger partial charge in [0, 0.05) is 24.6 Å². The van der Waals surface area contributed by atoms with Crippen LogP contribution in [0.15, 0.2) is 48.5 Å². The number of carbonyl (C=O) groups excluding carboxylic acids is 1. The lowest BCUT2D eigenvalue weighted by Gasteiger charge is -2.33. The van der Waals surface area contributed by atoms with E-state index in [-0.39, 0.29) is 11.9 Å². The minimum absolute atomic E-state index is 0.0109. The van der Waals surface area contributed by atoms with Gasteiger partial charge < -0.3 is 9.64 Å². The number of nitriles is 1. The predicted molar refractivity (Wildman–Crippen MR) is 82.5 cm³/mol. The number of nitrogens with zero attached hydrogens (tertiary/aromatic N) is 2. The molecule has 2 aromatic rings. The maximum Gasteiger partial charge on any atom is 0.254 e. The zero-order chi connectivity index (χ0) is 15.5. The molecule has 1 atom stereocenters. The fraction of sp³-hybridized carbons (Fsp3) is 0.222. The Bertz CT molecular complexity index is 749. The Morgan fingerprint density at radius 2 is 2.09 bits per heavy atom. The van der Waals surface area contributed by atoms with Crippen molar-refractivity contribution in [1.82, 2.24) is 4.90 Å². The molecule has 4 nitrogen and oxygen atoms in total. The molecule has 4 heteroatoms. The number of amides is 1. The van der Waals surface area contributed by atoms with E-state index in [9.17, 15) is 4.79 Å². The Kier molecular flexibility index (Phi) is 3.80. The molecule has 2 aromatic carbocycles. The molecular weight excluding hydrogens is 276 g/mol. The highest BCUT2D eigenvalue weighted by Gasteiger charge is 2.28. The lowest BCUT2D eigenvalue weighted by atomic mass is 9.98. The van der Waals surface area contributed by atoms with Crippen molar-refractivity contribution in [2.24, 2.45) is 0 Å². The third-order valence-corrected chi connectivity index (χ3v) is 3.95. The van der Waals surface area contributed by atoms with E-state index in [1.54, 1.807) is 36.2 Å². The van der Waals surface area contributed by atoms with Crippen molar-refractivity contribution in [3.05, 3.63) is 65.2 Å². The summed E-state index contributed by atoms with van der Waals surface area (Å²) >= 11 is 0. The molecule has 1 amide bonds. The van der Waals surface area contributed by atoms with Crippen molar-refractivity contribution in [3.63, 3.8) is 0 Å². The number of hydrogen-bond acceptors (Lipinski definition) is 3. The SMILES string of the molecule is CN(C(=O)c1cccc(C#N)c1)C1CCOc2ccccc21. The van der Waals surface area contributed by atoms with Crippen molar-refractivity contribution in [2.75, 3.05) is 13.7 Å². The minimum atomic E-state index is -0.0844. The lowest BCUT2D eigenvalue weighted by molar-refractivity contribution is 0.0686. The summed E-state index contributed by atoms with van der Waals surface area (Å²) in [5.74, 6) is 0.753. The van der Waals surface area contributed by atoms with Gasteiger partial charge in [-0.2, -0.15) is 5.26 Å². The third kappa shape index (κ3) is 2.53. The highest BCUT2D eigenvalue weighted by atomic mass is 16.5. The summed E-state index contributed by atoms with van der Waals surface area (Å²) in [7, 11) is 1.80. The molecule has 0 aliphatic carbocycles. The van der Waals surface area contributed by atoms with Crippen LogP contribution in [0.25, 0.3) is 0 Å². The summed E-state index contributed by atoms with van der Waals surface area (Å²) in [5.41, 5.74) is 2.05. The Labute approximate surface area is 129 Å². The number of para-hydroxylation sites is 1. The van der Waals surface area contributed by atoms with Gasteiger partial charge in [-0.25, -0.2) is 0 Å². The van der Waals surface area contributed by atoms with E-state index in [2.05, 4.69) is 6.07 Å². The molecule has 22 heavy (non-hydrogen) atoms. The van der Waals surface area contributed by atoms with Crippen molar-refractivity contribution in [1.29, 1.82) is 5.26 Å². The van der Waals surface area contributed by atoms with Crippen LogP contribution < -0.4 is 4.74 Å². The summed E-state index contributed by atoms with van der Waals surface area (Å²) in [6.45, 7) is 0.595. The fourth-order valence-corrected chi connectivity index (χ4v) is 2.79. The van der Waals surface area contributed by atoms with Crippen molar-refractivity contribution in [2.45, 2.75) is 12.5 Å². The molecule has 1 aliphatic heterocycles. The Balaban J connectivity index is 1.90. The molecule has 1 heterocycles. The van der Waals surface area contributed by atoms with Gasteiger partial charge in [-0.3, -0.25) is 4.79 Å². The summed E-state index contributed by atoms with van der Waals surface area (Å²) in [4.78, 5) is 14.4. The number of ether oxygens (including phenoxy) is 1. The molecule has 0 fully saturated rings. The molecule has 110 valence electrons. The van der Waals surface area contributed by atoms with Gasteiger partial charge >= 0.3 is 0 Å². The monoisotopic (exact) mass is 292 g/mol. The maximum atomic E-state index is 12.7. The zero-order valence-electron chi connectivity index (χ0n) is 12.3. The minimum Gasteiger partial charge on any atom is -0.493 e. The van der Waals surface area contributed by atoms with Crippen LogP contribution in [-0.4, -0.2) is 24.5 Å². The van der Waals surface area contributed by atoms with Crippen LogP contribution in [0, 0.1) is 11.3 Å². The largest absolute Gasteiger partial charge is 0.493 e. The summed E-state index contributed by atoms with van der Waals surface area (Å²) in [6.07, 6.45) is 0.761. The van der Waals surface area contributed by atoms with Gasteiger partial charge in [0.1, 0.15) is 5.75 Å². The molecule has 0 spiro atoms. The quantitative estimate of drug-likeness (QED) is 0.854.